The molecule has 0 aromatic carbocycles. The van der Waals surface area contributed by atoms with Crippen LogP contribution in [0.1, 0.15) is 13.3 Å². The second-order valence-corrected chi connectivity index (χ2v) is 3.19. The fourth-order valence-electron chi connectivity index (χ4n) is 0.788. The van der Waals surface area contributed by atoms with E-state index in [1.807, 2.05) is 19.4 Å². The number of nitriles is 1. The maximum absolute atomic E-state index is 8.40. The number of rotatable bonds is 4. The van der Waals surface area contributed by atoms with E-state index in [0.29, 0.717) is 11.8 Å². The van der Waals surface area contributed by atoms with Gasteiger partial charge >= 0.3 is 0 Å². The van der Waals surface area contributed by atoms with Gasteiger partial charge in [-0.25, -0.2) is 0 Å². The van der Waals surface area contributed by atoms with Crippen molar-refractivity contribution in [1.82, 2.24) is 5.32 Å². The average molecular weight is 201 g/mol. The van der Waals surface area contributed by atoms with Gasteiger partial charge in [0.1, 0.15) is 0 Å². The second kappa shape index (κ2) is 7.90. The predicted molar refractivity (Wildman–Crippen MR) is 55.7 cm³/mol. The van der Waals surface area contributed by atoms with Crippen LogP contribution in [0.3, 0.4) is 0 Å². The summed E-state index contributed by atoms with van der Waals surface area (Å²) in [6.07, 6.45) is 4.63. The topological polar surface area (TPSA) is 57.4 Å². The highest BCUT2D eigenvalue weighted by Crippen LogP contribution is 2.02. The molecule has 0 rings (SSSR count). The molecular formula is C8H15N3OS. The number of hydrogen-bond acceptors (Lipinski definition) is 4. The van der Waals surface area contributed by atoms with Gasteiger partial charge in [0.25, 0.3) is 0 Å². The predicted octanol–water partition coefficient (Wildman–Crippen LogP) is 1.20. The summed E-state index contributed by atoms with van der Waals surface area (Å²) in [6.45, 7) is 2.63. The molecule has 4 nitrogen and oxygen atoms in total. The van der Waals surface area contributed by atoms with Crippen LogP contribution in [0.4, 0.5) is 0 Å². The molecule has 5 heteroatoms. The third kappa shape index (κ3) is 5.50. The minimum atomic E-state index is 0.133. The first-order chi connectivity index (χ1) is 6.28. The largest absolute Gasteiger partial charge is 0.382 e. The highest BCUT2D eigenvalue weighted by atomic mass is 32.2. The van der Waals surface area contributed by atoms with Crippen LogP contribution < -0.4 is 5.32 Å². The lowest BCUT2D eigenvalue weighted by Gasteiger charge is -2.09. The molecule has 0 amide bonds. The van der Waals surface area contributed by atoms with Crippen LogP contribution in [0.15, 0.2) is 4.99 Å². The summed E-state index contributed by atoms with van der Waals surface area (Å²) < 4.78 is 4.99. The minimum Gasteiger partial charge on any atom is -0.382 e. The summed E-state index contributed by atoms with van der Waals surface area (Å²) in [5.41, 5.74) is 0. The van der Waals surface area contributed by atoms with Crippen molar-refractivity contribution in [1.29, 1.82) is 5.26 Å². The van der Waals surface area contributed by atoms with E-state index in [2.05, 4.69) is 10.3 Å². The Balaban J connectivity index is 4.18. The maximum atomic E-state index is 8.40. The normalized spacial score (nSPS) is 13.5. The lowest BCUT2D eigenvalue weighted by molar-refractivity contribution is 0.179. The smallest absolute Gasteiger partial charge is 0.183 e. The number of nitrogens with one attached hydrogen (secondary N) is 1. The van der Waals surface area contributed by atoms with E-state index in [1.54, 1.807) is 7.11 Å². The molecule has 0 heterocycles. The van der Waals surface area contributed by atoms with Crippen molar-refractivity contribution in [2.24, 2.45) is 4.99 Å². The molecule has 13 heavy (non-hydrogen) atoms. The van der Waals surface area contributed by atoms with Crippen molar-refractivity contribution in [2.45, 2.75) is 19.4 Å². The fourth-order valence-corrected chi connectivity index (χ4v) is 1.19. The molecule has 0 aliphatic rings. The molecule has 1 atom stereocenters. The molecule has 1 unspecified atom stereocenters. The van der Waals surface area contributed by atoms with Crippen LogP contribution in [0.25, 0.3) is 0 Å². The molecular weight excluding hydrogens is 186 g/mol. The monoisotopic (exact) mass is 201 g/mol. The van der Waals surface area contributed by atoms with Crippen molar-refractivity contribution in [3.05, 3.63) is 0 Å². The van der Waals surface area contributed by atoms with Crippen LogP contribution in [-0.4, -0.2) is 31.2 Å². The van der Waals surface area contributed by atoms with Gasteiger partial charge in [-0.05, 0) is 12.7 Å². The summed E-state index contributed by atoms with van der Waals surface area (Å²) in [5, 5.41) is 11.6. The van der Waals surface area contributed by atoms with E-state index in [9.17, 15) is 0 Å². The van der Waals surface area contributed by atoms with E-state index in [-0.39, 0.29) is 6.04 Å². The van der Waals surface area contributed by atoms with Gasteiger partial charge < -0.3 is 4.74 Å². The Morgan fingerprint density at radius 3 is 2.85 bits per heavy atom. The highest BCUT2D eigenvalue weighted by molar-refractivity contribution is 8.13. The quantitative estimate of drug-likeness (QED) is 0.321. The molecule has 0 spiro atoms. The molecule has 0 fully saturated rings. The van der Waals surface area contributed by atoms with Gasteiger partial charge in [-0.15, -0.1) is 0 Å². The van der Waals surface area contributed by atoms with E-state index in [4.69, 9.17) is 10.00 Å². The third-order valence-corrected chi connectivity index (χ3v) is 2.08. The van der Waals surface area contributed by atoms with Gasteiger partial charge in [0.2, 0.25) is 0 Å². The van der Waals surface area contributed by atoms with Crippen LogP contribution in [0.5, 0.6) is 0 Å². The number of nitrogens with zero attached hydrogens (tertiary/aromatic N) is 2. The van der Waals surface area contributed by atoms with E-state index in [1.165, 1.54) is 11.8 Å². The maximum Gasteiger partial charge on any atom is 0.183 e. The Morgan fingerprint density at radius 1 is 1.77 bits per heavy atom. The highest BCUT2D eigenvalue weighted by Gasteiger charge is 2.04. The lowest BCUT2D eigenvalue weighted by Crippen LogP contribution is -2.19. The summed E-state index contributed by atoms with van der Waals surface area (Å²) in [7, 11) is 1.65. The SMILES string of the molecule is CCC(COC)N=C(NC#N)SC. The Labute approximate surface area is 83.4 Å². The summed E-state index contributed by atoms with van der Waals surface area (Å²) in [4.78, 5) is 4.31. The van der Waals surface area contributed by atoms with Crippen LogP contribution in [0.2, 0.25) is 0 Å². The zero-order chi connectivity index (χ0) is 10.1. The van der Waals surface area contributed by atoms with Gasteiger partial charge in [0, 0.05) is 7.11 Å². The van der Waals surface area contributed by atoms with Crippen LogP contribution in [-0.2, 0) is 4.74 Å². The Hall–Kier alpha value is -0.730. The van der Waals surface area contributed by atoms with E-state index < -0.39 is 0 Å². The number of thioether (sulfide) groups is 1. The molecule has 74 valence electrons. The Morgan fingerprint density at radius 2 is 2.46 bits per heavy atom. The van der Waals surface area contributed by atoms with Gasteiger partial charge in [-0.3, -0.25) is 10.3 Å². The zero-order valence-corrected chi connectivity index (χ0v) is 9.02. The summed E-state index contributed by atoms with van der Waals surface area (Å²) in [6, 6.07) is 0.133. The van der Waals surface area contributed by atoms with Crippen molar-refractivity contribution >= 4 is 16.9 Å². The number of methoxy groups -OCH3 is 1. The van der Waals surface area contributed by atoms with Gasteiger partial charge in [0.05, 0.1) is 12.6 Å². The zero-order valence-electron chi connectivity index (χ0n) is 8.20. The van der Waals surface area contributed by atoms with Gasteiger partial charge in [0.15, 0.2) is 11.4 Å². The molecule has 0 saturated carbocycles. The molecule has 0 aromatic heterocycles. The first kappa shape index (κ1) is 12.3. The number of amidine groups is 1. The minimum absolute atomic E-state index is 0.133. The van der Waals surface area contributed by atoms with E-state index in [0.717, 1.165) is 6.42 Å². The van der Waals surface area contributed by atoms with E-state index >= 15 is 0 Å². The third-order valence-electron chi connectivity index (χ3n) is 1.49. The first-order valence-corrected chi connectivity index (χ1v) is 5.26. The van der Waals surface area contributed by atoms with Crippen molar-refractivity contribution in [2.75, 3.05) is 20.0 Å². The van der Waals surface area contributed by atoms with Gasteiger partial charge in [-0.2, -0.15) is 5.26 Å². The molecule has 0 saturated heterocycles. The first-order valence-electron chi connectivity index (χ1n) is 4.04. The summed E-state index contributed by atoms with van der Waals surface area (Å²) in [5.74, 6) is 0. The molecule has 1 N–H and O–H groups in total. The second-order valence-electron chi connectivity index (χ2n) is 2.39. The van der Waals surface area contributed by atoms with Crippen molar-refractivity contribution < 1.29 is 4.74 Å². The molecule has 0 radical (unpaired) electrons. The number of aliphatic imine (C=N–C) groups is 1. The molecule has 0 aromatic rings. The number of ether oxygens (including phenoxy) is 1. The Kier molecular flexibility index (Phi) is 7.45. The van der Waals surface area contributed by atoms with Crippen LogP contribution >= 0.6 is 11.8 Å². The summed E-state index contributed by atoms with van der Waals surface area (Å²) >= 11 is 1.42. The van der Waals surface area contributed by atoms with Crippen LogP contribution in [0, 0.1) is 11.5 Å². The standard InChI is InChI=1S/C8H15N3OS/c1-4-7(5-12-2)11-8(13-3)10-6-9/h7H,4-5H2,1-3H3,(H,10,11). The van der Waals surface area contributed by atoms with Crippen molar-refractivity contribution in [3.8, 4) is 6.19 Å². The molecule has 0 bridgehead atoms. The Bertz CT molecular complexity index is 200. The van der Waals surface area contributed by atoms with Crippen molar-refractivity contribution in [3.63, 3.8) is 0 Å². The lowest BCUT2D eigenvalue weighted by atomic mass is 10.2. The molecule has 0 aliphatic heterocycles. The number of hydrogen-bond donors (Lipinski definition) is 1. The molecule has 0 aliphatic carbocycles. The average Bonchev–Trinajstić information content (AvgIpc) is 2.16. The fraction of sp³-hybridized carbons (Fsp3) is 0.750. The van der Waals surface area contributed by atoms with Gasteiger partial charge in [-0.1, -0.05) is 18.7 Å².